The predicted molar refractivity (Wildman–Crippen MR) is 71.3 cm³/mol. The standard InChI is InChI=1S/C14H17N3O/c1-10(8-12-6-4-3-5-7-12)14(18)15-13-9-11(2)16-17-13/h3-7,9-10H,8H2,1-2H3,(H2,15,16,17,18)/t10-/m0/s1. The van der Waals surface area contributed by atoms with Gasteiger partial charge in [0.2, 0.25) is 5.91 Å². The van der Waals surface area contributed by atoms with Crippen LogP contribution in [0.15, 0.2) is 36.4 Å². The van der Waals surface area contributed by atoms with Gasteiger partial charge in [-0.25, -0.2) is 0 Å². The van der Waals surface area contributed by atoms with Crippen LogP contribution in [-0.4, -0.2) is 16.1 Å². The summed E-state index contributed by atoms with van der Waals surface area (Å²) in [6, 6.07) is 11.8. The maximum atomic E-state index is 12.0. The summed E-state index contributed by atoms with van der Waals surface area (Å²) >= 11 is 0. The molecule has 0 fully saturated rings. The van der Waals surface area contributed by atoms with Gasteiger partial charge in [-0.15, -0.1) is 0 Å². The average Bonchev–Trinajstić information content (AvgIpc) is 2.76. The summed E-state index contributed by atoms with van der Waals surface area (Å²) in [5, 5.41) is 9.59. The van der Waals surface area contributed by atoms with Crippen molar-refractivity contribution in [2.45, 2.75) is 20.3 Å². The zero-order valence-corrected chi connectivity index (χ0v) is 10.6. The number of H-pyrrole nitrogens is 1. The predicted octanol–water partition coefficient (Wildman–Crippen LogP) is 2.54. The summed E-state index contributed by atoms with van der Waals surface area (Å²) in [6.07, 6.45) is 0.732. The molecule has 2 aromatic rings. The van der Waals surface area contributed by atoms with Gasteiger partial charge in [0.1, 0.15) is 0 Å². The van der Waals surface area contributed by atoms with Crippen molar-refractivity contribution in [2.24, 2.45) is 5.92 Å². The Kier molecular flexibility index (Phi) is 3.77. The van der Waals surface area contributed by atoms with E-state index in [1.54, 1.807) is 0 Å². The third-order valence-electron chi connectivity index (χ3n) is 2.79. The van der Waals surface area contributed by atoms with Crippen molar-refractivity contribution in [2.75, 3.05) is 5.32 Å². The molecule has 1 amide bonds. The van der Waals surface area contributed by atoms with Gasteiger partial charge in [-0.2, -0.15) is 5.10 Å². The molecule has 1 aromatic carbocycles. The molecule has 0 spiro atoms. The fourth-order valence-corrected chi connectivity index (χ4v) is 1.79. The third-order valence-corrected chi connectivity index (χ3v) is 2.79. The molecule has 1 heterocycles. The molecule has 1 aromatic heterocycles. The summed E-state index contributed by atoms with van der Waals surface area (Å²) in [5.74, 6) is 0.493. The van der Waals surface area contributed by atoms with Crippen LogP contribution in [0, 0.1) is 12.8 Å². The Morgan fingerprint density at radius 2 is 2.11 bits per heavy atom. The Balaban J connectivity index is 1.93. The summed E-state index contributed by atoms with van der Waals surface area (Å²) in [4.78, 5) is 12.0. The van der Waals surface area contributed by atoms with E-state index in [-0.39, 0.29) is 11.8 Å². The second-order valence-electron chi connectivity index (χ2n) is 4.52. The van der Waals surface area contributed by atoms with Crippen LogP contribution in [-0.2, 0) is 11.2 Å². The van der Waals surface area contributed by atoms with Gasteiger partial charge in [-0.3, -0.25) is 9.89 Å². The zero-order chi connectivity index (χ0) is 13.0. The SMILES string of the molecule is Cc1cc(NC(=O)[C@@H](C)Cc2ccccc2)n[nH]1. The summed E-state index contributed by atoms with van der Waals surface area (Å²) in [5.41, 5.74) is 2.10. The minimum atomic E-state index is -0.0793. The molecular formula is C14H17N3O. The molecule has 18 heavy (non-hydrogen) atoms. The highest BCUT2D eigenvalue weighted by Gasteiger charge is 2.14. The topological polar surface area (TPSA) is 57.8 Å². The highest BCUT2D eigenvalue weighted by Crippen LogP contribution is 2.11. The Morgan fingerprint density at radius 3 is 2.72 bits per heavy atom. The number of aromatic amines is 1. The fourth-order valence-electron chi connectivity index (χ4n) is 1.79. The molecular weight excluding hydrogens is 226 g/mol. The minimum Gasteiger partial charge on any atom is -0.309 e. The average molecular weight is 243 g/mol. The molecule has 0 aliphatic rings. The number of rotatable bonds is 4. The Morgan fingerprint density at radius 1 is 1.39 bits per heavy atom. The van der Waals surface area contributed by atoms with E-state index in [0.29, 0.717) is 5.82 Å². The van der Waals surface area contributed by atoms with E-state index in [0.717, 1.165) is 12.1 Å². The van der Waals surface area contributed by atoms with Gasteiger partial charge in [-0.05, 0) is 18.9 Å². The van der Waals surface area contributed by atoms with Crippen LogP contribution in [0.1, 0.15) is 18.2 Å². The quantitative estimate of drug-likeness (QED) is 0.867. The van der Waals surface area contributed by atoms with Gasteiger partial charge in [0.05, 0.1) is 0 Å². The molecule has 4 heteroatoms. The minimum absolute atomic E-state index is 0.00893. The largest absolute Gasteiger partial charge is 0.309 e. The van der Waals surface area contributed by atoms with E-state index in [4.69, 9.17) is 0 Å². The van der Waals surface area contributed by atoms with Crippen LogP contribution in [0.5, 0.6) is 0 Å². The first-order valence-electron chi connectivity index (χ1n) is 6.02. The lowest BCUT2D eigenvalue weighted by Crippen LogP contribution is -2.22. The number of hydrogen-bond donors (Lipinski definition) is 2. The van der Waals surface area contributed by atoms with Crippen LogP contribution in [0.4, 0.5) is 5.82 Å². The van der Waals surface area contributed by atoms with Crippen LogP contribution in [0.3, 0.4) is 0 Å². The first-order chi connectivity index (χ1) is 8.65. The highest BCUT2D eigenvalue weighted by molar-refractivity contribution is 5.91. The molecule has 0 aliphatic carbocycles. The van der Waals surface area contributed by atoms with Gasteiger partial charge in [0.25, 0.3) is 0 Å². The maximum Gasteiger partial charge on any atom is 0.228 e. The number of anilines is 1. The number of amides is 1. The molecule has 1 atom stereocenters. The van der Waals surface area contributed by atoms with E-state index < -0.39 is 0 Å². The van der Waals surface area contributed by atoms with Crippen molar-refractivity contribution in [1.29, 1.82) is 0 Å². The van der Waals surface area contributed by atoms with Crippen molar-refractivity contribution in [1.82, 2.24) is 10.2 Å². The Bertz CT molecular complexity index is 519. The van der Waals surface area contributed by atoms with Gasteiger partial charge in [-0.1, -0.05) is 37.3 Å². The molecule has 94 valence electrons. The molecule has 0 saturated heterocycles. The normalized spacial score (nSPS) is 12.1. The number of nitrogens with zero attached hydrogens (tertiary/aromatic N) is 1. The molecule has 0 bridgehead atoms. The zero-order valence-electron chi connectivity index (χ0n) is 10.6. The van der Waals surface area contributed by atoms with Gasteiger partial charge >= 0.3 is 0 Å². The van der Waals surface area contributed by atoms with Gasteiger partial charge < -0.3 is 5.32 Å². The van der Waals surface area contributed by atoms with E-state index in [9.17, 15) is 4.79 Å². The highest BCUT2D eigenvalue weighted by atomic mass is 16.1. The number of hydrogen-bond acceptors (Lipinski definition) is 2. The summed E-state index contributed by atoms with van der Waals surface area (Å²) < 4.78 is 0. The van der Waals surface area contributed by atoms with Crippen molar-refractivity contribution >= 4 is 11.7 Å². The molecule has 0 aliphatic heterocycles. The molecule has 0 unspecified atom stereocenters. The second kappa shape index (κ2) is 5.49. The van der Waals surface area contributed by atoms with Crippen LogP contribution < -0.4 is 5.32 Å². The fraction of sp³-hybridized carbons (Fsp3) is 0.286. The monoisotopic (exact) mass is 243 g/mol. The number of aryl methyl sites for hydroxylation is 1. The number of nitrogens with one attached hydrogen (secondary N) is 2. The number of carbonyl (C=O) groups excluding carboxylic acids is 1. The van der Waals surface area contributed by atoms with E-state index >= 15 is 0 Å². The molecule has 4 nitrogen and oxygen atoms in total. The Hall–Kier alpha value is -2.10. The smallest absolute Gasteiger partial charge is 0.228 e. The molecule has 0 saturated carbocycles. The number of aromatic nitrogens is 2. The first-order valence-corrected chi connectivity index (χ1v) is 6.02. The number of carbonyl (C=O) groups is 1. The third kappa shape index (κ3) is 3.20. The van der Waals surface area contributed by atoms with Gasteiger partial charge in [0.15, 0.2) is 5.82 Å². The summed E-state index contributed by atoms with van der Waals surface area (Å²) in [6.45, 7) is 3.82. The van der Waals surface area contributed by atoms with Crippen molar-refractivity contribution < 1.29 is 4.79 Å². The van der Waals surface area contributed by atoms with Crippen LogP contribution in [0.2, 0.25) is 0 Å². The molecule has 2 rings (SSSR count). The summed E-state index contributed by atoms with van der Waals surface area (Å²) in [7, 11) is 0. The van der Waals surface area contributed by atoms with E-state index in [1.807, 2.05) is 50.2 Å². The van der Waals surface area contributed by atoms with E-state index in [1.165, 1.54) is 5.56 Å². The van der Waals surface area contributed by atoms with Crippen LogP contribution >= 0.6 is 0 Å². The van der Waals surface area contributed by atoms with Crippen LogP contribution in [0.25, 0.3) is 0 Å². The van der Waals surface area contributed by atoms with Crippen molar-refractivity contribution in [3.05, 3.63) is 47.7 Å². The lowest BCUT2D eigenvalue weighted by Gasteiger charge is -2.10. The molecule has 0 radical (unpaired) electrons. The second-order valence-corrected chi connectivity index (χ2v) is 4.52. The van der Waals surface area contributed by atoms with Crippen molar-refractivity contribution in [3.63, 3.8) is 0 Å². The maximum absolute atomic E-state index is 12.0. The first kappa shape index (κ1) is 12.4. The molecule has 2 N–H and O–H groups in total. The van der Waals surface area contributed by atoms with Gasteiger partial charge in [0, 0.05) is 17.7 Å². The Labute approximate surface area is 106 Å². The lowest BCUT2D eigenvalue weighted by atomic mass is 10.0. The number of benzene rings is 1. The lowest BCUT2D eigenvalue weighted by molar-refractivity contribution is -0.119. The van der Waals surface area contributed by atoms with Crippen molar-refractivity contribution in [3.8, 4) is 0 Å². The van der Waals surface area contributed by atoms with E-state index in [2.05, 4.69) is 15.5 Å².